The van der Waals surface area contributed by atoms with E-state index in [1.54, 1.807) is 11.6 Å². The molecule has 1 fully saturated rings. The molecule has 0 aromatic carbocycles. The molecule has 1 heterocycles. The normalized spacial score (nSPS) is 22.2. The number of nitrogens with one attached hydrogen (secondary N) is 2. The summed E-state index contributed by atoms with van der Waals surface area (Å²) >= 11 is 0. The van der Waals surface area contributed by atoms with Crippen LogP contribution in [0.4, 0.5) is 0 Å². The first-order valence-corrected chi connectivity index (χ1v) is 8.62. The van der Waals surface area contributed by atoms with E-state index in [2.05, 4.69) is 15.1 Å². The van der Waals surface area contributed by atoms with Crippen LogP contribution >= 0.6 is 0 Å². The van der Waals surface area contributed by atoms with Crippen LogP contribution in [0.1, 0.15) is 31.7 Å². The first kappa shape index (κ1) is 15.5. The average Bonchev–Trinajstić information content (AvgIpc) is 2.92. The van der Waals surface area contributed by atoms with Gasteiger partial charge in [-0.1, -0.05) is 13.8 Å². The Balaban J connectivity index is 2.18. The van der Waals surface area contributed by atoms with E-state index in [1.807, 2.05) is 20.8 Å². The van der Waals surface area contributed by atoms with E-state index in [0.717, 1.165) is 19.5 Å². The van der Waals surface area contributed by atoms with E-state index in [0.29, 0.717) is 28.7 Å². The monoisotopic (exact) mass is 300 g/mol. The Morgan fingerprint density at radius 1 is 1.40 bits per heavy atom. The Bertz CT molecular complexity index is 579. The number of hydrogen-bond donors (Lipinski definition) is 2. The molecule has 0 saturated heterocycles. The Morgan fingerprint density at radius 2 is 2.05 bits per heavy atom. The van der Waals surface area contributed by atoms with Gasteiger partial charge in [-0.3, -0.25) is 4.68 Å². The standard InChI is InChI=1S/C13H24N4O2S/c1-5-14-6-7-17-11(4)13(10(3)15-17)20(18,19)16-12-8-9(12)2/h9,12,14,16H,5-8H2,1-4H3. The van der Waals surface area contributed by atoms with Crippen LogP contribution in [0.25, 0.3) is 0 Å². The van der Waals surface area contributed by atoms with Crippen molar-refractivity contribution in [1.29, 1.82) is 0 Å². The zero-order chi connectivity index (χ0) is 14.9. The highest BCUT2D eigenvalue weighted by Gasteiger charge is 2.38. The molecule has 2 unspecified atom stereocenters. The smallest absolute Gasteiger partial charge is 0.244 e. The van der Waals surface area contributed by atoms with Crippen molar-refractivity contribution in [3.05, 3.63) is 11.4 Å². The first-order chi connectivity index (χ1) is 9.36. The fourth-order valence-electron chi connectivity index (χ4n) is 2.39. The van der Waals surface area contributed by atoms with Crippen molar-refractivity contribution in [2.45, 2.75) is 51.6 Å². The summed E-state index contributed by atoms with van der Waals surface area (Å²) in [5, 5.41) is 7.57. The van der Waals surface area contributed by atoms with Crippen LogP contribution in [0, 0.1) is 19.8 Å². The van der Waals surface area contributed by atoms with E-state index in [9.17, 15) is 8.42 Å². The second-order valence-corrected chi connectivity index (χ2v) is 7.17. The second-order valence-electron chi connectivity index (χ2n) is 5.52. The highest BCUT2D eigenvalue weighted by atomic mass is 32.2. The van der Waals surface area contributed by atoms with Gasteiger partial charge in [-0.15, -0.1) is 0 Å². The van der Waals surface area contributed by atoms with Crippen LogP contribution in [0.2, 0.25) is 0 Å². The molecule has 1 aliphatic carbocycles. The van der Waals surface area contributed by atoms with Crippen molar-refractivity contribution >= 4 is 10.0 Å². The highest BCUT2D eigenvalue weighted by Crippen LogP contribution is 2.31. The Morgan fingerprint density at radius 3 is 2.60 bits per heavy atom. The lowest BCUT2D eigenvalue weighted by Gasteiger charge is -2.07. The van der Waals surface area contributed by atoms with Gasteiger partial charge in [0.15, 0.2) is 0 Å². The molecule has 0 radical (unpaired) electrons. The van der Waals surface area contributed by atoms with Crippen LogP contribution in [-0.4, -0.2) is 37.3 Å². The SMILES string of the molecule is CCNCCn1nc(C)c(S(=O)(=O)NC2CC2C)c1C. The van der Waals surface area contributed by atoms with Crippen LogP contribution in [0.5, 0.6) is 0 Å². The predicted octanol–water partition coefficient (Wildman–Crippen LogP) is 0.796. The molecule has 20 heavy (non-hydrogen) atoms. The van der Waals surface area contributed by atoms with Crippen molar-refractivity contribution < 1.29 is 8.42 Å². The molecule has 114 valence electrons. The van der Waals surface area contributed by atoms with E-state index in [1.165, 1.54) is 0 Å². The van der Waals surface area contributed by atoms with E-state index in [4.69, 9.17) is 0 Å². The van der Waals surface area contributed by atoms with E-state index >= 15 is 0 Å². The van der Waals surface area contributed by atoms with Gasteiger partial charge in [0.1, 0.15) is 4.90 Å². The summed E-state index contributed by atoms with van der Waals surface area (Å²) in [5.74, 6) is 0.439. The predicted molar refractivity (Wildman–Crippen MR) is 78.1 cm³/mol. The summed E-state index contributed by atoms with van der Waals surface area (Å²) in [4.78, 5) is 0.341. The minimum Gasteiger partial charge on any atom is -0.315 e. The topological polar surface area (TPSA) is 76.0 Å². The summed E-state index contributed by atoms with van der Waals surface area (Å²) in [6.45, 7) is 10.0. The van der Waals surface area contributed by atoms with Crippen molar-refractivity contribution in [3.8, 4) is 0 Å². The van der Waals surface area contributed by atoms with Crippen molar-refractivity contribution in [2.75, 3.05) is 13.1 Å². The molecule has 1 aromatic heterocycles. The number of aromatic nitrogens is 2. The highest BCUT2D eigenvalue weighted by molar-refractivity contribution is 7.89. The summed E-state index contributed by atoms with van der Waals surface area (Å²) in [6.07, 6.45) is 0.923. The van der Waals surface area contributed by atoms with Gasteiger partial charge in [0, 0.05) is 12.6 Å². The molecule has 0 aliphatic heterocycles. The van der Waals surface area contributed by atoms with Gasteiger partial charge in [0.05, 0.1) is 17.9 Å². The molecule has 2 rings (SSSR count). The molecule has 1 aromatic rings. The first-order valence-electron chi connectivity index (χ1n) is 7.14. The molecule has 0 bridgehead atoms. The van der Waals surface area contributed by atoms with E-state index < -0.39 is 10.0 Å². The van der Waals surface area contributed by atoms with Crippen molar-refractivity contribution in [1.82, 2.24) is 19.8 Å². The maximum atomic E-state index is 12.4. The van der Waals surface area contributed by atoms with Gasteiger partial charge in [-0.2, -0.15) is 5.10 Å². The fourth-order valence-corrected chi connectivity index (χ4v) is 4.16. The third kappa shape index (κ3) is 3.21. The molecule has 1 aliphatic rings. The van der Waals surface area contributed by atoms with Gasteiger partial charge in [-0.05, 0) is 32.7 Å². The lowest BCUT2D eigenvalue weighted by molar-refractivity contribution is 0.549. The van der Waals surface area contributed by atoms with Gasteiger partial charge in [0.2, 0.25) is 10.0 Å². The average molecular weight is 300 g/mol. The molecule has 6 nitrogen and oxygen atoms in total. The number of likely N-dealkylation sites (N-methyl/N-ethyl adjacent to an activating group) is 1. The largest absolute Gasteiger partial charge is 0.315 e. The van der Waals surface area contributed by atoms with Crippen molar-refractivity contribution in [2.24, 2.45) is 5.92 Å². The molecule has 7 heteroatoms. The third-order valence-corrected chi connectivity index (χ3v) is 5.49. The number of aryl methyl sites for hydroxylation is 1. The molecule has 2 atom stereocenters. The lowest BCUT2D eigenvalue weighted by Crippen LogP contribution is -2.28. The van der Waals surface area contributed by atoms with Crippen LogP contribution in [0.15, 0.2) is 4.90 Å². The molecule has 1 saturated carbocycles. The molecule has 0 amide bonds. The minimum absolute atomic E-state index is 0.0870. The molecule has 0 spiro atoms. The Kier molecular flexibility index (Phi) is 4.51. The number of sulfonamides is 1. The van der Waals surface area contributed by atoms with Gasteiger partial charge in [0.25, 0.3) is 0 Å². The summed E-state index contributed by atoms with van der Waals surface area (Å²) in [5.41, 5.74) is 1.28. The maximum absolute atomic E-state index is 12.4. The summed E-state index contributed by atoms with van der Waals surface area (Å²) < 4.78 is 29.4. The second kappa shape index (κ2) is 5.83. The molecule has 2 N–H and O–H groups in total. The maximum Gasteiger partial charge on any atom is 0.244 e. The van der Waals surface area contributed by atoms with Gasteiger partial charge < -0.3 is 5.32 Å². The van der Waals surface area contributed by atoms with Crippen LogP contribution in [0.3, 0.4) is 0 Å². The summed E-state index contributed by atoms with van der Waals surface area (Å²) in [6, 6.07) is 0.0870. The molecular formula is C13H24N4O2S. The third-order valence-electron chi connectivity index (χ3n) is 3.75. The van der Waals surface area contributed by atoms with Crippen LogP contribution in [-0.2, 0) is 16.6 Å². The Hall–Kier alpha value is -0.920. The van der Waals surface area contributed by atoms with Gasteiger partial charge in [-0.25, -0.2) is 13.1 Å². The zero-order valence-corrected chi connectivity index (χ0v) is 13.4. The number of nitrogens with zero attached hydrogens (tertiary/aromatic N) is 2. The van der Waals surface area contributed by atoms with Crippen LogP contribution < -0.4 is 10.0 Å². The number of rotatable bonds is 7. The quantitative estimate of drug-likeness (QED) is 0.730. The Labute approximate surface area is 121 Å². The minimum atomic E-state index is -3.45. The number of hydrogen-bond acceptors (Lipinski definition) is 4. The van der Waals surface area contributed by atoms with E-state index in [-0.39, 0.29) is 6.04 Å². The van der Waals surface area contributed by atoms with Gasteiger partial charge >= 0.3 is 0 Å². The summed E-state index contributed by atoms with van der Waals surface area (Å²) in [7, 11) is -3.45. The fraction of sp³-hybridized carbons (Fsp3) is 0.769. The molecular weight excluding hydrogens is 276 g/mol. The lowest BCUT2D eigenvalue weighted by atomic mass is 10.4. The van der Waals surface area contributed by atoms with Crippen molar-refractivity contribution in [3.63, 3.8) is 0 Å². The zero-order valence-electron chi connectivity index (χ0n) is 12.6.